The lowest BCUT2D eigenvalue weighted by Gasteiger charge is -2.12. The average molecular weight is 417 g/mol. The van der Waals surface area contributed by atoms with Crippen molar-refractivity contribution in [3.05, 3.63) is 40.3 Å². The molecule has 0 unspecified atom stereocenters. The molecule has 0 spiro atoms. The van der Waals surface area contributed by atoms with Crippen molar-refractivity contribution < 1.29 is 14.3 Å². The summed E-state index contributed by atoms with van der Waals surface area (Å²) in [6.07, 6.45) is 3.87. The first-order chi connectivity index (χ1) is 14.1. The molecule has 2 aliphatic rings. The van der Waals surface area contributed by atoms with Crippen molar-refractivity contribution >= 4 is 29.3 Å². The summed E-state index contributed by atoms with van der Waals surface area (Å²) in [5.74, 6) is -0.400. The molecule has 0 radical (unpaired) electrons. The highest BCUT2D eigenvalue weighted by atomic mass is 32.2. The first-order valence-electron chi connectivity index (χ1n) is 9.69. The van der Waals surface area contributed by atoms with E-state index in [1.54, 1.807) is 24.3 Å². The van der Waals surface area contributed by atoms with Crippen LogP contribution in [0.3, 0.4) is 0 Å². The molecule has 154 valence electrons. The minimum Gasteiger partial charge on any atom is -0.376 e. The van der Waals surface area contributed by atoms with Gasteiger partial charge >= 0.3 is 5.69 Å². The largest absolute Gasteiger partial charge is 0.376 e. The minimum absolute atomic E-state index is 0.00432. The maximum atomic E-state index is 12.4. The smallest absolute Gasteiger partial charge is 0.344 e. The van der Waals surface area contributed by atoms with E-state index < -0.39 is 0 Å². The van der Waals surface area contributed by atoms with Crippen LogP contribution in [0.15, 0.2) is 34.2 Å². The van der Waals surface area contributed by atoms with Crippen LogP contribution in [0.25, 0.3) is 0 Å². The summed E-state index contributed by atoms with van der Waals surface area (Å²) in [5, 5.41) is 12.6. The van der Waals surface area contributed by atoms with E-state index in [9.17, 15) is 14.4 Å². The van der Waals surface area contributed by atoms with Gasteiger partial charge in [-0.15, -0.1) is 5.10 Å². The van der Waals surface area contributed by atoms with Gasteiger partial charge in [-0.05, 0) is 37.8 Å². The second-order valence-electron chi connectivity index (χ2n) is 7.19. The van der Waals surface area contributed by atoms with Crippen LogP contribution in [-0.4, -0.2) is 51.1 Å². The number of thioether (sulfide) groups is 1. The van der Waals surface area contributed by atoms with Crippen molar-refractivity contribution in [2.75, 3.05) is 17.7 Å². The molecular weight excluding hydrogens is 394 g/mol. The molecular formula is C19H23N5O4S. The second kappa shape index (κ2) is 8.83. The highest BCUT2D eigenvalue weighted by Gasteiger charge is 2.25. The van der Waals surface area contributed by atoms with Crippen LogP contribution in [0.1, 0.15) is 36.0 Å². The molecule has 1 saturated carbocycles. The third kappa shape index (κ3) is 5.07. The molecule has 3 N–H and O–H groups in total. The number of para-hydroxylation sites is 1. The summed E-state index contributed by atoms with van der Waals surface area (Å²) in [5.41, 5.74) is 0.591. The molecule has 4 rings (SSSR count). The Balaban J connectivity index is 1.36. The summed E-state index contributed by atoms with van der Waals surface area (Å²) in [4.78, 5) is 36.8. The number of anilines is 1. The number of hydrogen-bond acceptors (Lipinski definition) is 6. The predicted molar refractivity (Wildman–Crippen MR) is 108 cm³/mol. The molecule has 29 heavy (non-hydrogen) atoms. The Morgan fingerprint density at radius 2 is 2.10 bits per heavy atom. The van der Waals surface area contributed by atoms with E-state index in [4.69, 9.17) is 4.74 Å². The Kier molecular flexibility index (Phi) is 6.00. The Bertz CT molecular complexity index is 946. The number of nitrogens with one attached hydrogen (secondary N) is 3. The van der Waals surface area contributed by atoms with Crippen molar-refractivity contribution in [3.8, 4) is 0 Å². The molecule has 1 aromatic heterocycles. The minimum atomic E-state index is -0.314. The molecule has 1 aliphatic carbocycles. The van der Waals surface area contributed by atoms with Gasteiger partial charge in [-0.2, -0.15) is 0 Å². The number of carbonyl (C=O) groups is 2. The summed E-state index contributed by atoms with van der Waals surface area (Å²) >= 11 is 1.17. The van der Waals surface area contributed by atoms with Gasteiger partial charge in [-0.25, -0.2) is 9.89 Å². The van der Waals surface area contributed by atoms with Crippen molar-refractivity contribution in [1.29, 1.82) is 0 Å². The van der Waals surface area contributed by atoms with E-state index in [0.717, 1.165) is 25.7 Å². The van der Waals surface area contributed by atoms with Crippen LogP contribution in [0.2, 0.25) is 0 Å². The van der Waals surface area contributed by atoms with Crippen molar-refractivity contribution in [2.24, 2.45) is 0 Å². The number of aromatic nitrogens is 3. The van der Waals surface area contributed by atoms with E-state index in [1.807, 2.05) is 0 Å². The van der Waals surface area contributed by atoms with Crippen LogP contribution in [0.4, 0.5) is 5.69 Å². The molecule has 1 atom stereocenters. The van der Waals surface area contributed by atoms with Gasteiger partial charge in [0.15, 0.2) is 5.16 Å². The number of nitrogens with zero attached hydrogens (tertiary/aromatic N) is 2. The first kappa shape index (κ1) is 19.7. The molecule has 10 heteroatoms. The number of amides is 2. The first-order valence-corrected chi connectivity index (χ1v) is 10.7. The molecule has 2 aromatic rings. The number of benzene rings is 1. The molecule has 2 heterocycles. The van der Waals surface area contributed by atoms with Crippen LogP contribution >= 0.6 is 11.8 Å². The average Bonchev–Trinajstić information content (AvgIpc) is 3.24. The highest BCUT2D eigenvalue weighted by Crippen LogP contribution is 2.22. The molecule has 0 bridgehead atoms. The predicted octanol–water partition coefficient (Wildman–Crippen LogP) is 1.37. The fourth-order valence-electron chi connectivity index (χ4n) is 3.16. The molecule has 2 amide bonds. The lowest BCUT2D eigenvalue weighted by atomic mass is 10.1. The second-order valence-corrected chi connectivity index (χ2v) is 8.13. The Morgan fingerprint density at radius 3 is 2.86 bits per heavy atom. The zero-order chi connectivity index (χ0) is 20.2. The molecule has 1 aliphatic heterocycles. The summed E-state index contributed by atoms with van der Waals surface area (Å²) < 4.78 is 7.09. The number of H-pyrrole nitrogens is 1. The number of aromatic amines is 1. The van der Waals surface area contributed by atoms with Gasteiger partial charge in [0.05, 0.1) is 29.7 Å². The number of rotatable bonds is 8. The van der Waals surface area contributed by atoms with Crippen molar-refractivity contribution in [3.63, 3.8) is 0 Å². The lowest BCUT2D eigenvalue weighted by molar-refractivity contribution is -0.113. The van der Waals surface area contributed by atoms with Crippen molar-refractivity contribution in [2.45, 2.75) is 49.5 Å². The van der Waals surface area contributed by atoms with Gasteiger partial charge in [0, 0.05) is 12.6 Å². The Labute approximate surface area is 171 Å². The summed E-state index contributed by atoms with van der Waals surface area (Å²) in [6.45, 7) is 1.12. The van der Waals surface area contributed by atoms with Crippen LogP contribution in [-0.2, 0) is 16.1 Å². The Morgan fingerprint density at radius 1 is 1.28 bits per heavy atom. The van der Waals surface area contributed by atoms with Gasteiger partial charge in [0.1, 0.15) is 0 Å². The van der Waals surface area contributed by atoms with Gasteiger partial charge in [0.25, 0.3) is 5.91 Å². The molecule has 9 nitrogen and oxygen atoms in total. The molecule has 2 fully saturated rings. The van der Waals surface area contributed by atoms with Gasteiger partial charge < -0.3 is 15.4 Å². The van der Waals surface area contributed by atoms with E-state index in [-0.39, 0.29) is 35.4 Å². The number of hydrogen-bond donors (Lipinski definition) is 3. The summed E-state index contributed by atoms with van der Waals surface area (Å²) in [7, 11) is 0. The van der Waals surface area contributed by atoms with E-state index >= 15 is 0 Å². The van der Waals surface area contributed by atoms with Crippen LogP contribution < -0.4 is 16.3 Å². The van der Waals surface area contributed by atoms with Gasteiger partial charge in [0.2, 0.25) is 5.91 Å². The topological polar surface area (TPSA) is 118 Å². The van der Waals surface area contributed by atoms with Gasteiger partial charge in [-0.1, -0.05) is 23.9 Å². The zero-order valence-electron chi connectivity index (χ0n) is 15.8. The number of carbonyl (C=O) groups excluding carboxylic acids is 2. The van der Waals surface area contributed by atoms with Crippen LogP contribution in [0.5, 0.6) is 0 Å². The third-order valence-corrected chi connectivity index (χ3v) is 5.80. The lowest BCUT2D eigenvalue weighted by Crippen LogP contribution is -2.27. The Hall–Kier alpha value is -2.59. The zero-order valence-corrected chi connectivity index (χ0v) is 16.7. The number of ether oxygens (including phenoxy) is 1. The maximum absolute atomic E-state index is 12.4. The van der Waals surface area contributed by atoms with Crippen molar-refractivity contribution in [1.82, 2.24) is 20.1 Å². The monoisotopic (exact) mass is 417 g/mol. The normalized spacial score (nSPS) is 18.6. The molecule has 1 saturated heterocycles. The quantitative estimate of drug-likeness (QED) is 0.559. The van der Waals surface area contributed by atoms with E-state index in [2.05, 4.69) is 20.8 Å². The fourth-order valence-corrected chi connectivity index (χ4v) is 3.92. The third-order valence-electron chi connectivity index (χ3n) is 4.82. The van der Waals surface area contributed by atoms with Crippen LogP contribution in [0, 0.1) is 0 Å². The van der Waals surface area contributed by atoms with E-state index in [1.165, 1.54) is 16.3 Å². The fraction of sp³-hybridized carbons (Fsp3) is 0.474. The SMILES string of the molecule is O=C(CSc1n[nH]c(=O)n1C[C@@H]1CCCO1)Nc1ccccc1C(=O)NC1CC1. The van der Waals surface area contributed by atoms with Gasteiger partial charge in [-0.3, -0.25) is 14.2 Å². The highest BCUT2D eigenvalue weighted by molar-refractivity contribution is 7.99. The summed E-state index contributed by atoms with van der Waals surface area (Å²) in [6, 6.07) is 7.16. The van der Waals surface area contributed by atoms with E-state index in [0.29, 0.717) is 29.6 Å². The maximum Gasteiger partial charge on any atom is 0.344 e. The molecule has 1 aromatic carbocycles. The standard InChI is InChI=1S/C19H23N5O4S/c25-16(21-15-6-2-1-5-14(15)17(26)20-12-7-8-12)11-29-19-23-22-18(27)24(19)10-13-4-3-9-28-13/h1-2,5-6,12-13H,3-4,7-11H2,(H,20,26)(H,21,25)(H,22,27)/t13-/m0/s1.